The number of nitrogens with zero attached hydrogens (tertiary/aromatic N) is 1. The summed E-state index contributed by atoms with van der Waals surface area (Å²) < 4.78 is 14.7. The molecule has 1 saturated heterocycles. The Balaban J connectivity index is 1.93. The van der Waals surface area contributed by atoms with Gasteiger partial charge in [-0.15, -0.1) is 0 Å². The molecule has 0 radical (unpaired) electrons. The van der Waals surface area contributed by atoms with Crippen LogP contribution in [0.4, 0.5) is 10.1 Å². The molecule has 1 fully saturated rings. The van der Waals surface area contributed by atoms with Gasteiger partial charge in [0.05, 0.1) is 5.69 Å². The van der Waals surface area contributed by atoms with Gasteiger partial charge in [-0.05, 0) is 50.0 Å². The van der Waals surface area contributed by atoms with Gasteiger partial charge >= 0.3 is 0 Å². The Kier molecular flexibility index (Phi) is 5.01. The quantitative estimate of drug-likeness (QED) is 0.838. The highest BCUT2D eigenvalue weighted by Gasteiger charge is 2.24. The van der Waals surface area contributed by atoms with E-state index < -0.39 is 0 Å². The summed E-state index contributed by atoms with van der Waals surface area (Å²) in [6, 6.07) is 5.15. The molecule has 1 unspecified atom stereocenters. The summed E-state index contributed by atoms with van der Waals surface area (Å²) in [5, 5.41) is 3.45. The molecule has 0 bridgehead atoms. The number of nitrogens with one attached hydrogen (secondary N) is 1. The molecule has 0 aromatic heterocycles. The summed E-state index contributed by atoms with van der Waals surface area (Å²) in [6.07, 6.45) is 2.30. The third-order valence-electron chi connectivity index (χ3n) is 3.39. The maximum atomic E-state index is 13.8. The number of benzene rings is 1. The average Bonchev–Trinajstić information content (AvgIpc) is 2.81. The van der Waals surface area contributed by atoms with Crippen molar-refractivity contribution in [1.82, 2.24) is 5.32 Å². The highest BCUT2D eigenvalue weighted by Crippen LogP contribution is 2.28. The Morgan fingerprint density at radius 2 is 2.33 bits per heavy atom. The lowest BCUT2D eigenvalue weighted by Crippen LogP contribution is -2.27. The summed E-state index contributed by atoms with van der Waals surface area (Å²) in [6.45, 7) is 6.18. The van der Waals surface area contributed by atoms with Crippen LogP contribution in [-0.2, 0) is 0 Å². The van der Waals surface area contributed by atoms with Gasteiger partial charge in [-0.3, -0.25) is 0 Å². The number of hydrogen-bond acceptors (Lipinski definition) is 2. The van der Waals surface area contributed by atoms with Gasteiger partial charge in [-0.2, -0.15) is 0 Å². The molecule has 0 amide bonds. The first-order valence-electron chi connectivity index (χ1n) is 6.61. The van der Waals surface area contributed by atoms with Crippen LogP contribution in [0.15, 0.2) is 22.7 Å². The van der Waals surface area contributed by atoms with Crippen LogP contribution < -0.4 is 10.2 Å². The molecule has 2 nitrogen and oxygen atoms in total. The van der Waals surface area contributed by atoms with E-state index in [0.717, 1.165) is 49.2 Å². The van der Waals surface area contributed by atoms with Crippen LogP contribution >= 0.6 is 15.9 Å². The van der Waals surface area contributed by atoms with E-state index in [1.54, 1.807) is 6.07 Å². The second-order valence-electron chi connectivity index (χ2n) is 4.90. The molecule has 1 aliphatic heterocycles. The Morgan fingerprint density at radius 1 is 1.50 bits per heavy atom. The van der Waals surface area contributed by atoms with Crippen molar-refractivity contribution in [1.29, 1.82) is 0 Å². The van der Waals surface area contributed by atoms with Gasteiger partial charge in [0.15, 0.2) is 0 Å². The zero-order valence-electron chi connectivity index (χ0n) is 10.8. The van der Waals surface area contributed by atoms with Gasteiger partial charge < -0.3 is 10.2 Å². The average molecular weight is 315 g/mol. The van der Waals surface area contributed by atoms with Crippen molar-refractivity contribution in [3.8, 4) is 0 Å². The predicted molar refractivity (Wildman–Crippen MR) is 77.6 cm³/mol. The van der Waals surface area contributed by atoms with Gasteiger partial charge in [0, 0.05) is 17.6 Å². The summed E-state index contributed by atoms with van der Waals surface area (Å²) in [5.41, 5.74) is 0.724. The Bertz CT molecular complexity index is 397. The van der Waals surface area contributed by atoms with Gasteiger partial charge in [0.25, 0.3) is 0 Å². The SMILES string of the molecule is CCCNCC1CCN(c2cc(Br)ccc2F)C1. The van der Waals surface area contributed by atoms with Crippen LogP contribution in [0.5, 0.6) is 0 Å². The molecule has 1 heterocycles. The summed E-state index contributed by atoms with van der Waals surface area (Å²) in [7, 11) is 0. The van der Waals surface area contributed by atoms with Crippen molar-refractivity contribution in [3.05, 3.63) is 28.5 Å². The monoisotopic (exact) mass is 314 g/mol. The maximum Gasteiger partial charge on any atom is 0.146 e. The van der Waals surface area contributed by atoms with Crippen molar-refractivity contribution >= 4 is 21.6 Å². The Morgan fingerprint density at radius 3 is 3.11 bits per heavy atom. The lowest BCUT2D eigenvalue weighted by Gasteiger charge is -2.19. The van der Waals surface area contributed by atoms with E-state index in [1.807, 2.05) is 6.07 Å². The molecule has 4 heteroatoms. The normalized spacial score (nSPS) is 19.5. The van der Waals surface area contributed by atoms with E-state index in [0.29, 0.717) is 5.92 Å². The molecule has 2 rings (SSSR count). The third-order valence-corrected chi connectivity index (χ3v) is 3.89. The van der Waals surface area contributed by atoms with Crippen LogP contribution in [0.2, 0.25) is 0 Å². The van der Waals surface area contributed by atoms with Crippen LogP contribution in [0.25, 0.3) is 0 Å². The van der Waals surface area contributed by atoms with Crippen LogP contribution in [-0.4, -0.2) is 26.2 Å². The van der Waals surface area contributed by atoms with Gasteiger partial charge in [-0.1, -0.05) is 22.9 Å². The van der Waals surface area contributed by atoms with Crippen LogP contribution in [0, 0.1) is 11.7 Å². The fourth-order valence-electron chi connectivity index (χ4n) is 2.43. The standard InChI is InChI=1S/C14H20BrFN2/c1-2-6-17-9-11-5-7-18(10-11)14-8-12(15)3-4-13(14)16/h3-4,8,11,17H,2,5-7,9-10H2,1H3. The summed E-state index contributed by atoms with van der Waals surface area (Å²) >= 11 is 3.40. The Labute approximate surface area is 117 Å². The van der Waals surface area contributed by atoms with Crippen molar-refractivity contribution < 1.29 is 4.39 Å². The van der Waals surface area contributed by atoms with E-state index >= 15 is 0 Å². The van der Waals surface area contributed by atoms with Gasteiger partial charge in [-0.25, -0.2) is 4.39 Å². The largest absolute Gasteiger partial charge is 0.369 e. The van der Waals surface area contributed by atoms with Crippen molar-refractivity contribution in [2.45, 2.75) is 19.8 Å². The molecule has 1 aliphatic rings. The molecule has 0 spiro atoms. The van der Waals surface area contributed by atoms with E-state index in [2.05, 4.69) is 33.1 Å². The smallest absolute Gasteiger partial charge is 0.146 e. The van der Waals surface area contributed by atoms with E-state index in [9.17, 15) is 4.39 Å². The Hall–Kier alpha value is -0.610. The number of rotatable bonds is 5. The molecule has 1 atom stereocenters. The first kappa shape index (κ1) is 13.8. The molecule has 1 aromatic carbocycles. The zero-order chi connectivity index (χ0) is 13.0. The van der Waals surface area contributed by atoms with Crippen LogP contribution in [0.3, 0.4) is 0 Å². The first-order chi connectivity index (χ1) is 8.70. The molecule has 100 valence electrons. The van der Waals surface area contributed by atoms with Crippen molar-refractivity contribution in [3.63, 3.8) is 0 Å². The second-order valence-corrected chi connectivity index (χ2v) is 5.82. The molecule has 18 heavy (non-hydrogen) atoms. The van der Waals surface area contributed by atoms with Crippen molar-refractivity contribution in [2.75, 3.05) is 31.1 Å². The lowest BCUT2D eigenvalue weighted by atomic mass is 10.1. The van der Waals surface area contributed by atoms with E-state index in [4.69, 9.17) is 0 Å². The first-order valence-corrected chi connectivity index (χ1v) is 7.40. The lowest BCUT2D eigenvalue weighted by molar-refractivity contribution is 0.515. The molecule has 0 saturated carbocycles. The molecule has 1 N–H and O–H groups in total. The zero-order valence-corrected chi connectivity index (χ0v) is 12.3. The second kappa shape index (κ2) is 6.53. The number of anilines is 1. The number of halogens is 2. The molecule has 1 aromatic rings. The highest BCUT2D eigenvalue weighted by atomic mass is 79.9. The van der Waals surface area contributed by atoms with E-state index in [-0.39, 0.29) is 5.82 Å². The molecule has 0 aliphatic carbocycles. The predicted octanol–water partition coefficient (Wildman–Crippen LogP) is 3.41. The van der Waals surface area contributed by atoms with Gasteiger partial charge in [0.2, 0.25) is 0 Å². The minimum absolute atomic E-state index is 0.125. The fraction of sp³-hybridized carbons (Fsp3) is 0.571. The summed E-state index contributed by atoms with van der Waals surface area (Å²) in [5.74, 6) is 0.510. The highest BCUT2D eigenvalue weighted by molar-refractivity contribution is 9.10. The minimum Gasteiger partial charge on any atom is -0.369 e. The van der Waals surface area contributed by atoms with Crippen molar-refractivity contribution in [2.24, 2.45) is 5.92 Å². The van der Waals surface area contributed by atoms with E-state index in [1.165, 1.54) is 6.07 Å². The summed E-state index contributed by atoms with van der Waals surface area (Å²) in [4.78, 5) is 2.15. The molecular weight excluding hydrogens is 295 g/mol. The molecular formula is C14H20BrFN2. The third kappa shape index (κ3) is 3.45. The minimum atomic E-state index is -0.125. The topological polar surface area (TPSA) is 15.3 Å². The fourth-order valence-corrected chi connectivity index (χ4v) is 2.78. The number of hydrogen-bond donors (Lipinski definition) is 1. The van der Waals surface area contributed by atoms with Crippen LogP contribution in [0.1, 0.15) is 19.8 Å². The van der Waals surface area contributed by atoms with Gasteiger partial charge in [0.1, 0.15) is 5.82 Å². The maximum absolute atomic E-state index is 13.8.